The number of benzene rings is 2. The number of aromatic amines is 1. The van der Waals surface area contributed by atoms with Crippen molar-refractivity contribution in [2.24, 2.45) is 0 Å². The summed E-state index contributed by atoms with van der Waals surface area (Å²) in [6, 6.07) is 15.8. The Kier molecular flexibility index (Phi) is 6.24. The molecule has 1 saturated heterocycles. The quantitative estimate of drug-likeness (QED) is 0.420. The van der Waals surface area contributed by atoms with E-state index in [1.54, 1.807) is 18.7 Å². The highest BCUT2D eigenvalue weighted by Crippen LogP contribution is 2.37. The fraction of sp³-hybridized carbons (Fsp3) is 0.357. The Hall–Kier alpha value is -3.74. The van der Waals surface area contributed by atoms with Crippen LogP contribution in [0, 0.1) is 6.92 Å². The molecule has 7 nitrogen and oxygen atoms in total. The van der Waals surface area contributed by atoms with Gasteiger partial charge in [0.2, 0.25) is 0 Å². The zero-order valence-corrected chi connectivity index (χ0v) is 20.8. The number of methoxy groups -OCH3 is 2. The molecule has 2 aromatic carbocycles. The van der Waals surface area contributed by atoms with Crippen molar-refractivity contribution in [3.8, 4) is 22.8 Å². The maximum atomic E-state index is 14.0. The van der Waals surface area contributed by atoms with Crippen LogP contribution in [0.4, 0.5) is 5.69 Å². The van der Waals surface area contributed by atoms with Crippen LogP contribution in [0.25, 0.3) is 16.9 Å². The molecule has 0 amide bonds. The summed E-state index contributed by atoms with van der Waals surface area (Å²) in [5.41, 5.74) is 5.94. The van der Waals surface area contributed by atoms with E-state index >= 15 is 0 Å². The average molecular weight is 473 g/mol. The highest BCUT2D eigenvalue weighted by atomic mass is 16.5. The summed E-state index contributed by atoms with van der Waals surface area (Å²) in [4.78, 5) is 19.9. The van der Waals surface area contributed by atoms with Crippen LogP contribution in [0.5, 0.6) is 11.5 Å². The zero-order chi connectivity index (χ0) is 24.5. The van der Waals surface area contributed by atoms with Crippen molar-refractivity contribution in [1.29, 1.82) is 0 Å². The van der Waals surface area contributed by atoms with Gasteiger partial charge in [0.25, 0.3) is 5.56 Å². The number of hydrogen-bond acceptors (Lipinski definition) is 5. The number of H-pyrrole nitrogens is 1. The number of rotatable bonds is 6. The molecule has 7 heteroatoms. The van der Waals surface area contributed by atoms with E-state index in [-0.39, 0.29) is 11.5 Å². The second kappa shape index (κ2) is 9.49. The standard InChI is InChI=1S/C28H32N4O3/c1-18(22-14-13-21(34-3)17-23(22)35-4)24-19(2)29-27-26(31-15-9-6-10-16-31)25(30-32(27)28(24)33)20-11-7-5-8-12-20/h5,7-8,11-14,17-18,29H,6,9-10,15-16H2,1-4H3. The van der Waals surface area contributed by atoms with Crippen LogP contribution in [-0.4, -0.2) is 41.9 Å². The lowest BCUT2D eigenvalue weighted by Crippen LogP contribution is -2.30. The van der Waals surface area contributed by atoms with Gasteiger partial charge in [0.15, 0.2) is 5.65 Å². The van der Waals surface area contributed by atoms with Gasteiger partial charge < -0.3 is 19.4 Å². The van der Waals surface area contributed by atoms with Crippen molar-refractivity contribution in [1.82, 2.24) is 14.6 Å². The maximum absolute atomic E-state index is 14.0. The molecular formula is C28H32N4O3. The topological polar surface area (TPSA) is 71.9 Å². The van der Waals surface area contributed by atoms with Crippen LogP contribution in [-0.2, 0) is 0 Å². The highest BCUT2D eigenvalue weighted by molar-refractivity contribution is 5.86. The van der Waals surface area contributed by atoms with E-state index in [2.05, 4.69) is 22.0 Å². The second-order valence-electron chi connectivity index (χ2n) is 9.17. The van der Waals surface area contributed by atoms with E-state index in [0.717, 1.165) is 59.8 Å². The SMILES string of the molecule is COc1ccc(C(C)c2c(C)[nH]c3c(N4CCCCC4)c(-c4ccccc4)nn3c2=O)c(OC)c1. The number of fused-ring (bicyclic) bond motifs is 1. The summed E-state index contributed by atoms with van der Waals surface area (Å²) in [5, 5.41) is 4.89. The summed E-state index contributed by atoms with van der Waals surface area (Å²) >= 11 is 0. The minimum atomic E-state index is -0.202. The van der Waals surface area contributed by atoms with E-state index in [9.17, 15) is 4.79 Å². The number of ether oxygens (including phenoxy) is 2. The Bertz CT molecular complexity index is 1400. The van der Waals surface area contributed by atoms with Gasteiger partial charge in [-0.15, -0.1) is 0 Å². The van der Waals surface area contributed by atoms with Crippen LogP contribution in [0.15, 0.2) is 53.3 Å². The van der Waals surface area contributed by atoms with Crippen LogP contribution < -0.4 is 19.9 Å². The van der Waals surface area contributed by atoms with Crippen molar-refractivity contribution in [3.05, 3.63) is 75.7 Å². The van der Waals surface area contributed by atoms with Crippen molar-refractivity contribution >= 4 is 11.3 Å². The molecule has 182 valence electrons. The normalized spacial score (nSPS) is 14.8. The lowest BCUT2D eigenvalue weighted by atomic mass is 9.92. The number of hydrogen-bond donors (Lipinski definition) is 1. The molecule has 3 heterocycles. The summed E-state index contributed by atoms with van der Waals surface area (Å²) in [7, 11) is 3.26. The van der Waals surface area contributed by atoms with Crippen LogP contribution in [0.1, 0.15) is 48.9 Å². The summed E-state index contributed by atoms with van der Waals surface area (Å²) in [6.07, 6.45) is 3.51. The molecule has 0 radical (unpaired) electrons. The Balaban J connectivity index is 1.71. The van der Waals surface area contributed by atoms with Crippen LogP contribution in [0.2, 0.25) is 0 Å². The van der Waals surface area contributed by atoms with Gasteiger partial charge in [-0.1, -0.05) is 43.3 Å². The Morgan fingerprint density at radius 1 is 1.00 bits per heavy atom. The molecule has 1 N–H and O–H groups in total. The fourth-order valence-electron chi connectivity index (χ4n) is 5.24. The molecule has 1 fully saturated rings. The Morgan fingerprint density at radius 2 is 1.74 bits per heavy atom. The Labute approximate surface area is 205 Å². The maximum Gasteiger partial charge on any atom is 0.278 e. The summed E-state index contributed by atoms with van der Waals surface area (Å²) < 4.78 is 12.5. The third kappa shape index (κ3) is 4.05. The third-order valence-corrected chi connectivity index (χ3v) is 7.05. The van der Waals surface area contributed by atoms with E-state index in [0.29, 0.717) is 17.1 Å². The first-order valence-corrected chi connectivity index (χ1v) is 12.2. The summed E-state index contributed by atoms with van der Waals surface area (Å²) in [6.45, 7) is 5.92. The molecule has 1 aliphatic heterocycles. The van der Waals surface area contributed by atoms with Gasteiger partial charge in [0.1, 0.15) is 22.9 Å². The molecule has 35 heavy (non-hydrogen) atoms. The first kappa shape index (κ1) is 23.0. The molecule has 1 unspecified atom stereocenters. The summed E-state index contributed by atoms with van der Waals surface area (Å²) in [5.74, 6) is 1.20. The average Bonchev–Trinajstić information content (AvgIpc) is 3.28. The largest absolute Gasteiger partial charge is 0.497 e. The number of aromatic nitrogens is 3. The van der Waals surface area contributed by atoms with Gasteiger partial charge in [-0.25, -0.2) is 0 Å². The number of aryl methyl sites for hydroxylation is 1. The smallest absolute Gasteiger partial charge is 0.278 e. The lowest BCUT2D eigenvalue weighted by Gasteiger charge is -2.28. The van der Waals surface area contributed by atoms with Crippen molar-refractivity contribution in [2.45, 2.75) is 39.0 Å². The molecule has 0 aliphatic carbocycles. The van der Waals surface area contributed by atoms with Crippen molar-refractivity contribution < 1.29 is 9.47 Å². The molecule has 1 aliphatic rings. The molecule has 2 aromatic heterocycles. The number of nitrogens with zero attached hydrogens (tertiary/aromatic N) is 3. The first-order valence-electron chi connectivity index (χ1n) is 12.2. The van der Waals surface area contributed by atoms with Crippen LogP contribution in [0.3, 0.4) is 0 Å². The molecular weight excluding hydrogens is 440 g/mol. The molecule has 4 aromatic rings. The van der Waals surface area contributed by atoms with Gasteiger partial charge in [0, 0.05) is 47.5 Å². The molecule has 0 spiro atoms. The fourth-order valence-corrected chi connectivity index (χ4v) is 5.24. The minimum Gasteiger partial charge on any atom is -0.497 e. The van der Waals surface area contributed by atoms with Crippen molar-refractivity contribution in [3.63, 3.8) is 0 Å². The second-order valence-corrected chi connectivity index (χ2v) is 9.17. The van der Waals surface area contributed by atoms with E-state index in [4.69, 9.17) is 14.6 Å². The lowest BCUT2D eigenvalue weighted by molar-refractivity contribution is 0.390. The Morgan fingerprint density at radius 3 is 2.43 bits per heavy atom. The highest BCUT2D eigenvalue weighted by Gasteiger charge is 2.27. The van der Waals surface area contributed by atoms with Gasteiger partial charge in [-0.2, -0.15) is 9.61 Å². The monoisotopic (exact) mass is 472 g/mol. The number of anilines is 1. The van der Waals surface area contributed by atoms with Gasteiger partial charge in [-0.3, -0.25) is 4.79 Å². The van der Waals surface area contributed by atoms with Gasteiger partial charge >= 0.3 is 0 Å². The zero-order valence-electron chi connectivity index (χ0n) is 20.8. The van der Waals surface area contributed by atoms with Crippen LogP contribution >= 0.6 is 0 Å². The predicted molar refractivity (Wildman–Crippen MR) is 139 cm³/mol. The number of nitrogens with one attached hydrogen (secondary N) is 1. The third-order valence-electron chi connectivity index (χ3n) is 7.05. The first-order chi connectivity index (χ1) is 17.0. The molecule has 5 rings (SSSR count). The van der Waals surface area contributed by atoms with Crippen molar-refractivity contribution in [2.75, 3.05) is 32.2 Å². The van der Waals surface area contributed by atoms with Gasteiger partial charge in [0.05, 0.1) is 14.2 Å². The molecule has 0 saturated carbocycles. The molecule has 1 atom stereocenters. The van der Waals surface area contributed by atoms with Gasteiger partial charge in [-0.05, 0) is 32.3 Å². The number of piperidine rings is 1. The van der Waals surface area contributed by atoms with E-state index in [1.807, 2.05) is 50.2 Å². The van der Waals surface area contributed by atoms with E-state index < -0.39 is 0 Å². The predicted octanol–water partition coefficient (Wildman–Crippen LogP) is 5.16. The molecule has 0 bridgehead atoms. The van der Waals surface area contributed by atoms with E-state index in [1.165, 1.54) is 6.42 Å². The minimum absolute atomic E-state index is 0.109.